The summed E-state index contributed by atoms with van der Waals surface area (Å²) in [6.45, 7) is 5.27. The number of nitrogens with zero attached hydrogens (tertiary/aromatic N) is 4. The monoisotopic (exact) mass is 496 g/mol. The van der Waals surface area contributed by atoms with Crippen LogP contribution >= 0.6 is 0 Å². The first kappa shape index (κ1) is 28.7. The van der Waals surface area contributed by atoms with E-state index in [2.05, 4.69) is 32.8 Å². The summed E-state index contributed by atoms with van der Waals surface area (Å²) in [4.78, 5) is 33.4. The summed E-state index contributed by atoms with van der Waals surface area (Å²) in [7, 11) is 0. The highest BCUT2D eigenvalue weighted by molar-refractivity contribution is 5.73. The van der Waals surface area contributed by atoms with Crippen molar-refractivity contribution in [2.24, 2.45) is 0 Å². The highest BCUT2D eigenvalue weighted by atomic mass is 19.4. The molecule has 1 aliphatic rings. The van der Waals surface area contributed by atoms with E-state index in [4.69, 9.17) is 19.8 Å². The molecule has 0 amide bonds. The minimum absolute atomic E-state index is 0.969. The minimum atomic E-state index is -5.08. The minimum Gasteiger partial charge on any atom is -0.475 e. The number of hydrogen-bond acceptors (Lipinski definition) is 6. The molecule has 34 heavy (non-hydrogen) atoms. The number of rotatable bonds is 3. The van der Waals surface area contributed by atoms with Gasteiger partial charge in [0.1, 0.15) is 6.33 Å². The van der Waals surface area contributed by atoms with Gasteiger partial charge in [0.05, 0.1) is 0 Å². The third-order valence-electron chi connectivity index (χ3n) is 4.42. The standard InChI is InChI=1S/C16H20N4.2C2HF3O2/c1-2-15-14-5-8-20(9-6-16(14)19-12-18-15)11-13-4-3-7-17-10-13;2*3-2(4,5)1(6)7/h3-4,7,10,12H,2,5-6,8-9,11H2,1H3;2*(H,6,7). The Kier molecular flexibility index (Phi) is 10.8. The largest absolute Gasteiger partial charge is 0.490 e. The van der Waals surface area contributed by atoms with Crippen LogP contribution in [-0.4, -0.2) is 67.4 Å². The first-order valence-corrected chi connectivity index (χ1v) is 9.78. The van der Waals surface area contributed by atoms with Crippen molar-refractivity contribution in [3.8, 4) is 0 Å². The highest BCUT2D eigenvalue weighted by Crippen LogP contribution is 2.18. The summed E-state index contributed by atoms with van der Waals surface area (Å²) in [5.41, 5.74) is 5.12. The number of aliphatic carboxylic acids is 2. The Hall–Kier alpha value is -3.29. The van der Waals surface area contributed by atoms with Gasteiger partial charge in [0, 0.05) is 49.8 Å². The molecule has 14 heteroatoms. The Morgan fingerprint density at radius 2 is 1.56 bits per heavy atom. The lowest BCUT2D eigenvalue weighted by atomic mass is 10.1. The maximum absolute atomic E-state index is 10.6. The van der Waals surface area contributed by atoms with E-state index in [0.717, 1.165) is 38.9 Å². The molecule has 0 radical (unpaired) electrons. The number of alkyl halides is 6. The first-order valence-electron chi connectivity index (χ1n) is 9.78. The number of aryl methyl sites for hydroxylation is 1. The molecular weight excluding hydrogens is 474 g/mol. The van der Waals surface area contributed by atoms with Crippen molar-refractivity contribution in [3.63, 3.8) is 0 Å². The van der Waals surface area contributed by atoms with Gasteiger partial charge in [-0.1, -0.05) is 13.0 Å². The number of carbonyl (C=O) groups is 2. The maximum atomic E-state index is 10.6. The summed E-state index contributed by atoms with van der Waals surface area (Å²) in [5, 5.41) is 14.2. The zero-order valence-corrected chi connectivity index (χ0v) is 17.9. The van der Waals surface area contributed by atoms with Gasteiger partial charge in [0.15, 0.2) is 0 Å². The number of hydrogen-bond donors (Lipinski definition) is 2. The summed E-state index contributed by atoms with van der Waals surface area (Å²) >= 11 is 0. The van der Waals surface area contributed by atoms with Gasteiger partial charge in [-0.3, -0.25) is 9.88 Å². The lowest BCUT2D eigenvalue weighted by Gasteiger charge is -2.19. The predicted molar refractivity (Wildman–Crippen MR) is 106 cm³/mol. The molecule has 0 atom stereocenters. The molecule has 0 bridgehead atoms. The van der Waals surface area contributed by atoms with Gasteiger partial charge in [0.2, 0.25) is 0 Å². The molecule has 0 aromatic carbocycles. The Labute approximate surface area is 190 Å². The van der Waals surface area contributed by atoms with Crippen LogP contribution in [0.4, 0.5) is 26.3 Å². The molecule has 0 saturated carbocycles. The van der Waals surface area contributed by atoms with Crippen LogP contribution in [0.2, 0.25) is 0 Å². The van der Waals surface area contributed by atoms with Crippen LogP contribution in [0.5, 0.6) is 0 Å². The van der Waals surface area contributed by atoms with Gasteiger partial charge < -0.3 is 10.2 Å². The van der Waals surface area contributed by atoms with Gasteiger partial charge in [-0.15, -0.1) is 0 Å². The lowest BCUT2D eigenvalue weighted by molar-refractivity contribution is -0.193. The molecule has 1 aliphatic heterocycles. The summed E-state index contributed by atoms with van der Waals surface area (Å²) in [6.07, 6.45) is -1.60. The van der Waals surface area contributed by atoms with E-state index in [9.17, 15) is 26.3 Å². The number of carboxylic acids is 2. The molecule has 0 fully saturated rings. The fraction of sp³-hybridized carbons (Fsp3) is 0.450. The number of halogens is 6. The van der Waals surface area contributed by atoms with Crippen LogP contribution in [0.15, 0.2) is 30.9 Å². The van der Waals surface area contributed by atoms with Crippen molar-refractivity contribution in [2.45, 2.75) is 45.1 Å². The molecule has 2 N–H and O–H groups in total. The second kappa shape index (κ2) is 12.8. The van der Waals surface area contributed by atoms with Crippen molar-refractivity contribution >= 4 is 11.9 Å². The van der Waals surface area contributed by atoms with Crippen molar-refractivity contribution in [1.82, 2.24) is 19.9 Å². The molecule has 3 rings (SSSR count). The van der Waals surface area contributed by atoms with Gasteiger partial charge in [-0.2, -0.15) is 26.3 Å². The van der Waals surface area contributed by atoms with Crippen LogP contribution in [0.25, 0.3) is 0 Å². The van der Waals surface area contributed by atoms with E-state index in [1.165, 1.54) is 22.5 Å². The molecule has 0 unspecified atom stereocenters. The van der Waals surface area contributed by atoms with Gasteiger partial charge >= 0.3 is 24.3 Å². The molecule has 0 aliphatic carbocycles. The summed E-state index contributed by atoms with van der Waals surface area (Å²) < 4.78 is 63.5. The molecule has 2 aromatic rings. The summed E-state index contributed by atoms with van der Waals surface area (Å²) in [6, 6.07) is 4.14. The lowest BCUT2D eigenvalue weighted by Crippen LogP contribution is -2.26. The van der Waals surface area contributed by atoms with Crippen LogP contribution in [-0.2, 0) is 35.4 Å². The van der Waals surface area contributed by atoms with Crippen molar-refractivity contribution in [3.05, 3.63) is 53.4 Å². The number of fused-ring (bicyclic) bond motifs is 1. The quantitative estimate of drug-likeness (QED) is 0.622. The molecule has 188 valence electrons. The van der Waals surface area contributed by atoms with Gasteiger partial charge in [0.25, 0.3) is 0 Å². The molecule has 8 nitrogen and oxygen atoms in total. The fourth-order valence-corrected chi connectivity index (χ4v) is 2.85. The van der Waals surface area contributed by atoms with Crippen LogP contribution in [0, 0.1) is 0 Å². The van der Waals surface area contributed by atoms with Gasteiger partial charge in [-0.25, -0.2) is 19.6 Å². The van der Waals surface area contributed by atoms with Crippen LogP contribution in [0.1, 0.15) is 29.4 Å². The molecular formula is C20H22F6N4O4. The van der Waals surface area contributed by atoms with Gasteiger partial charge in [-0.05, 0) is 30.0 Å². The predicted octanol–water partition coefficient (Wildman–Crippen LogP) is 3.30. The molecule has 0 saturated heterocycles. The SMILES string of the molecule is CCc1ncnc2c1CCN(Cc1cccnc1)CC2.O=C(O)C(F)(F)F.O=C(O)C(F)(F)F. The van der Waals surface area contributed by atoms with E-state index < -0.39 is 24.3 Å². The van der Waals surface area contributed by atoms with E-state index in [0.29, 0.717) is 0 Å². The third-order valence-corrected chi connectivity index (χ3v) is 4.42. The van der Waals surface area contributed by atoms with E-state index in [1.54, 1.807) is 6.33 Å². The summed E-state index contributed by atoms with van der Waals surface area (Å²) in [5.74, 6) is -5.51. The van der Waals surface area contributed by atoms with Crippen molar-refractivity contribution in [1.29, 1.82) is 0 Å². The van der Waals surface area contributed by atoms with Crippen LogP contribution in [0.3, 0.4) is 0 Å². The zero-order chi connectivity index (χ0) is 25.9. The maximum Gasteiger partial charge on any atom is 0.490 e. The third kappa shape index (κ3) is 10.1. The van der Waals surface area contributed by atoms with E-state index in [-0.39, 0.29) is 0 Å². The number of aromatic nitrogens is 3. The molecule has 2 aromatic heterocycles. The Bertz CT molecular complexity index is 915. The Morgan fingerprint density at radius 3 is 2.03 bits per heavy atom. The smallest absolute Gasteiger partial charge is 0.475 e. The fourth-order valence-electron chi connectivity index (χ4n) is 2.85. The van der Waals surface area contributed by atoms with E-state index >= 15 is 0 Å². The Balaban J connectivity index is 0.000000343. The first-order chi connectivity index (χ1) is 15.8. The highest BCUT2D eigenvalue weighted by Gasteiger charge is 2.38. The topological polar surface area (TPSA) is 117 Å². The van der Waals surface area contributed by atoms with E-state index in [1.807, 2.05) is 18.5 Å². The second-order valence-electron chi connectivity index (χ2n) is 6.84. The Morgan fingerprint density at radius 1 is 1.00 bits per heavy atom. The van der Waals surface area contributed by atoms with Crippen LogP contribution < -0.4 is 0 Å². The normalized spacial score (nSPS) is 13.9. The average Bonchev–Trinajstić information content (AvgIpc) is 2.96. The van der Waals surface area contributed by atoms with Crippen molar-refractivity contribution in [2.75, 3.05) is 13.1 Å². The number of pyridine rings is 1. The van der Waals surface area contributed by atoms with Crippen molar-refractivity contribution < 1.29 is 46.1 Å². The number of carboxylic acid groups (broad SMARTS) is 2. The average molecular weight is 496 g/mol. The zero-order valence-electron chi connectivity index (χ0n) is 17.9. The second-order valence-corrected chi connectivity index (χ2v) is 6.84. The molecule has 0 spiro atoms. The molecule has 3 heterocycles.